The Hall–Kier alpha value is -3.52. The summed E-state index contributed by atoms with van der Waals surface area (Å²) in [6.45, 7) is 4.39. The zero-order valence-electron chi connectivity index (χ0n) is 17.1. The quantitative estimate of drug-likeness (QED) is 0.494. The molecule has 158 valence electrons. The summed E-state index contributed by atoms with van der Waals surface area (Å²) < 4.78 is 7.02. The van der Waals surface area contributed by atoms with Gasteiger partial charge in [0, 0.05) is 29.0 Å². The molecule has 0 radical (unpaired) electrons. The molecule has 0 saturated carbocycles. The van der Waals surface area contributed by atoms with Crippen LogP contribution in [0.3, 0.4) is 0 Å². The van der Waals surface area contributed by atoms with Crippen molar-refractivity contribution < 1.29 is 9.32 Å². The van der Waals surface area contributed by atoms with E-state index in [-0.39, 0.29) is 29.3 Å². The fraction of sp³-hybridized carbons (Fsp3) is 0.227. The monoisotopic (exact) mass is 437 g/mol. The van der Waals surface area contributed by atoms with E-state index in [9.17, 15) is 9.59 Å². The number of aromatic nitrogens is 4. The Morgan fingerprint density at radius 2 is 1.94 bits per heavy atom. The number of benzene rings is 1. The van der Waals surface area contributed by atoms with Crippen molar-refractivity contribution in [2.45, 2.75) is 26.8 Å². The second-order valence-electron chi connectivity index (χ2n) is 7.10. The normalized spacial score (nSPS) is 11.1. The van der Waals surface area contributed by atoms with E-state index in [1.807, 2.05) is 13.8 Å². The van der Waals surface area contributed by atoms with Gasteiger partial charge in [0.2, 0.25) is 17.2 Å². The number of halogens is 1. The molecule has 0 unspecified atom stereocenters. The molecule has 0 bridgehead atoms. The molecule has 0 aliphatic rings. The summed E-state index contributed by atoms with van der Waals surface area (Å²) in [5, 5.41) is 7.79. The van der Waals surface area contributed by atoms with Gasteiger partial charge in [0.15, 0.2) is 0 Å². The van der Waals surface area contributed by atoms with E-state index in [4.69, 9.17) is 16.1 Å². The van der Waals surface area contributed by atoms with Crippen LogP contribution >= 0.6 is 11.6 Å². The maximum absolute atomic E-state index is 13.1. The molecule has 0 atom stereocenters. The van der Waals surface area contributed by atoms with Gasteiger partial charge in [0.05, 0.1) is 5.39 Å². The summed E-state index contributed by atoms with van der Waals surface area (Å²) in [6.07, 6.45) is 2.37. The lowest BCUT2D eigenvalue weighted by molar-refractivity contribution is -0.121. The molecule has 4 rings (SSSR count). The van der Waals surface area contributed by atoms with E-state index in [1.54, 1.807) is 47.2 Å². The van der Waals surface area contributed by atoms with E-state index in [2.05, 4.69) is 20.4 Å². The molecule has 0 spiro atoms. The molecular weight excluding hydrogens is 418 g/mol. The molecule has 4 aromatic rings. The number of nitrogens with one attached hydrogen (secondary N) is 1. The van der Waals surface area contributed by atoms with Crippen molar-refractivity contribution in [1.82, 2.24) is 25.0 Å². The Bertz CT molecular complexity index is 1310. The minimum atomic E-state index is -0.293. The molecule has 0 saturated heterocycles. The zero-order chi connectivity index (χ0) is 22.0. The number of pyridine rings is 2. The molecule has 0 aliphatic heterocycles. The lowest BCUT2D eigenvalue weighted by atomic mass is 10.1. The highest BCUT2D eigenvalue weighted by Gasteiger charge is 2.19. The lowest BCUT2D eigenvalue weighted by Gasteiger charge is -2.12. The van der Waals surface area contributed by atoms with Crippen molar-refractivity contribution in [1.29, 1.82) is 0 Å². The molecule has 9 heteroatoms. The van der Waals surface area contributed by atoms with Crippen LogP contribution in [0, 0.1) is 6.92 Å². The number of carbonyl (C=O) groups excluding carboxylic acids is 1. The standard InChI is InChI=1S/C22H20ClN5O3/c1-3-10-24-18(29)12-28-11-17(19(30)16-9-4-13(2)25-21(16)28)22-26-20(27-31-22)14-5-7-15(23)8-6-14/h4-9,11H,3,10,12H2,1-2H3,(H,24,29). The van der Waals surface area contributed by atoms with Crippen molar-refractivity contribution in [2.24, 2.45) is 0 Å². The molecule has 1 aromatic carbocycles. The summed E-state index contributed by atoms with van der Waals surface area (Å²) in [4.78, 5) is 34.3. The highest BCUT2D eigenvalue weighted by atomic mass is 35.5. The Morgan fingerprint density at radius 1 is 1.16 bits per heavy atom. The third-order valence-electron chi connectivity index (χ3n) is 4.71. The highest BCUT2D eigenvalue weighted by molar-refractivity contribution is 6.30. The largest absolute Gasteiger partial charge is 0.355 e. The molecule has 1 N–H and O–H groups in total. The number of nitrogens with zero attached hydrogens (tertiary/aromatic N) is 4. The molecule has 3 heterocycles. The first-order valence-electron chi connectivity index (χ1n) is 9.83. The van der Waals surface area contributed by atoms with Crippen molar-refractivity contribution in [3.63, 3.8) is 0 Å². The van der Waals surface area contributed by atoms with Crippen molar-refractivity contribution >= 4 is 28.5 Å². The third kappa shape index (κ3) is 4.34. The van der Waals surface area contributed by atoms with E-state index >= 15 is 0 Å². The number of fused-ring (bicyclic) bond motifs is 1. The fourth-order valence-electron chi connectivity index (χ4n) is 3.16. The molecule has 31 heavy (non-hydrogen) atoms. The van der Waals surface area contributed by atoms with Gasteiger partial charge < -0.3 is 14.4 Å². The van der Waals surface area contributed by atoms with E-state index in [0.29, 0.717) is 34.0 Å². The number of rotatable bonds is 6. The van der Waals surface area contributed by atoms with E-state index < -0.39 is 0 Å². The molecule has 1 amide bonds. The van der Waals surface area contributed by atoms with Crippen molar-refractivity contribution in [3.8, 4) is 22.8 Å². The van der Waals surface area contributed by atoms with Gasteiger partial charge >= 0.3 is 0 Å². The van der Waals surface area contributed by atoms with Gasteiger partial charge in [-0.15, -0.1) is 0 Å². The Kier molecular flexibility index (Phi) is 5.81. The van der Waals surface area contributed by atoms with Crippen LogP contribution in [0.4, 0.5) is 0 Å². The van der Waals surface area contributed by atoms with Crippen LogP contribution in [0.25, 0.3) is 33.9 Å². The van der Waals surface area contributed by atoms with Crippen molar-refractivity contribution in [2.75, 3.05) is 6.54 Å². The topological polar surface area (TPSA) is 103 Å². The van der Waals surface area contributed by atoms with Crippen LogP contribution in [0.2, 0.25) is 5.02 Å². The van der Waals surface area contributed by atoms with Crippen LogP contribution in [-0.4, -0.2) is 32.1 Å². The van der Waals surface area contributed by atoms with Gasteiger partial charge in [-0.3, -0.25) is 9.59 Å². The number of aryl methyl sites for hydroxylation is 1. The second kappa shape index (κ2) is 8.69. The van der Waals surface area contributed by atoms with Gasteiger partial charge in [0.25, 0.3) is 5.89 Å². The Morgan fingerprint density at radius 3 is 2.68 bits per heavy atom. The maximum Gasteiger partial charge on any atom is 0.263 e. The summed E-state index contributed by atoms with van der Waals surface area (Å²) in [7, 11) is 0. The molecule has 0 fully saturated rings. The Balaban J connectivity index is 1.80. The van der Waals surface area contributed by atoms with Crippen LogP contribution < -0.4 is 10.7 Å². The highest BCUT2D eigenvalue weighted by Crippen LogP contribution is 2.23. The minimum absolute atomic E-state index is 0.0123. The smallest absolute Gasteiger partial charge is 0.263 e. The first-order chi connectivity index (χ1) is 15.0. The summed E-state index contributed by atoms with van der Waals surface area (Å²) >= 11 is 5.93. The van der Waals surface area contributed by atoms with E-state index in [1.165, 1.54) is 0 Å². The average Bonchev–Trinajstić information content (AvgIpc) is 3.24. The van der Waals surface area contributed by atoms with Crippen LogP contribution in [0.5, 0.6) is 0 Å². The van der Waals surface area contributed by atoms with Gasteiger partial charge in [-0.25, -0.2) is 4.98 Å². The molecular formula is C22H20ClN5O3. The second-order valence-corrected chi connectivity index (χ2v) is 7.54. The first kappa shape index (κ1) is 20.7. The number of amides is 1. The first-order valence-corrected chi connectivity index (χ1v) is 10.2. The number of carbonyl (C=O) groups is 1. The van der Waals surface area contributed by atoms with Crippen LogP contribution in [-0.2, 0) is 11.3 Å². The summed E-state index contributed by atoms with van der Waals surface area (Å²) in [6, 6.07) is 10.4. The molecule has 8 nitrogen and oxygen atoms in total. The number of hydrogen-bond donors (Lipinski definition) is 1. The predicted molar refractivity (Wildman–Crippen MR) is 118 cm³/mol. The predicted octanol–water partition coefficient (Wildman–Crippen LogP) is 3.60. The molecule has 3 aromatic heterocycles. The SMILES string of the molecule is CCCNC(=O)Cn1cc(-c2nc(-c3ccc(Cl)cc3)no2)c(=O)c2ccc(C)nc21. The summed E-state index contributed by atoms with van der Waals surface area (Å²) in [5.74, 6) is 0.231. The Labute approximate surface area is 182 Å². The van der Waals surface area contributed by atoms with Crippen LogP contribution in [0.15, 0.2) is 51.9 Å². The minimum Gasteiger partial charge on any atom is -0.355 e. The van der Waals surface area contributed by atoms with E-state index in [0.717, 1.165) is 12.1 Å². The van der Waals surface area contributed by atoms with Gasteiger partial charge in [-0.2, -0.15) is 4.98 Å². The molecule has 0 aliphatic carbocycles. The lowest BCUT2D eigenvalue weighted by Crippen LogP contribution is -2.29. The number of hydrogen-bond acceptors (Lipinski definition) is 6. The van der Waals surface area contributed by atoms with Crippen LogP contribution in [0.1, 0.15) is 19.0 Å². The summed E-state index contributed by atoms with van der Waals surface area (Å²) in [5.41, 5.74) is 1.79. The van der Waals surface area contributed by atoms with Gasteiger partial charge in [-0.1, -0.05) is 23.7 Å². The average molecular weight is 438 g/mol. The van der Waals surface area contributed by atoms with Gasteiger partial charge in [0.1, 0.15) is 17.8 Å². The third-order valence-corrected chi connectivity index (χ3v) is 4.96. The fourth-order valence-corrected chi connectivity index (χ4v) is 3.28. The maximum atomic E-state index is 13.1. The zero-order valence-corrected chi connectivity index (χ0v) is 17.8. The van der Waals surface area contributed by atoms with Crippen molar-refractivity contribution in [3.05, 3.63) is 63.5 Å². The van der Waals surface area contributed by atoms with Gasteiger partial charge in [-0.05, 0) is 49.7 Å².